The lowest BCUT2D eigenvalue weighted by atomic mass is 9.88. The van der Waals surface area contributed by atoms with Crippen molar-refractivity contribution in [3.05, 3.63) is 107 Å². The van der Waals surface area contributed by atoms with Crippen LogP contribution in [0.1, 0.15) is 140 Å². The van der Waals surface area contributed by atoms with Crippen LogP contribution in [0.25, 0.3) is 22.3 Å². The number of amides is 4. The third-order valence-corrected chi connectivity index (χ3v) is 12.7. The number of rotatable bonds is 21. The molecule has 4 N–H and O–H groups in total. The molecule has 1 aliphatic rings. The summed E-state index contributed by atoms with van der Waals surface area (Å²) in [6.45, 7) is 16.7. The molecule has 0 saturated heterocycles. The molecule has 0 aromatic heterocycles. The molecule has 4 atom stereocenters. The summed E-state index contributed by atoms with van der Waals surface area (Å²) in [6.07, 6.45) is 3.05. The lowest BCUT2D eigenvalue weighted by molar-refractivity contribution is -0.142. The number of hydrogen-bond acceptors (Lipinski definition) is 11. The minimum atomic E-state index is -1.24. The molecule has 4 amide bonds. The van der Waals surface area contributed by atoms with Crippen LogP contribution in [-0.2, 0) is 36.7 Å². The number of fused-ring (bicyclic) bond motifs is 5. The zero-order valence-corrected chi connectivity index (χ0v) is 45.8. The quantitative estimate of drug-likeness (QED) is 0.0457. The van der Waals surface area contributed by atoms with Crippen molar-refractivity contribution in [1.29, 1.82) is 0 Å². The summed E-state index contributed by atoms with van der Waals surface area (Å²) in [7, 11) is 1.54. The number of unbranched alkanes of at least 4 members (excludes halogenated alkanes) is 1. The number of ether oxygens (including phenoxy) is 4. The largest absolute Gasteiger partial charge is 0.493 e. The van der Waals surface area contributed by atoms with Crippen LogP contribution in [0.5, 0.6) is 11.5 Å². The molecule has 4 aromatic rings. The number of aryl methyl sites for hydroxylation is 1. The second-order valence-electron chi connectivity index (χ2n) is 21.5. The Morgan fingerprint density at radius 2 is 1.32 bits per heavy atom. The summed E-state index contributed by atoms with van der Waals surface area (Å²) in [5.41, 5.74) is 4.57. The Labute approximate surface area is 443 Å². The van der Waals surface area contributed by atoms with Gasteiger partial charge in [0.2, 0.25) is 11.8 Å². The van der Waals surface area contributed by atoms with Crippen molar-refractivity contribution in [3.63, 3.8) is 0 Å². The Hall–Kier alpha value is -6.74. The van der Waals surface area contributed by atoms with Crippen LogP contribution in [0, 0.1) is 11.8 Å². The highest BCUT2D eigenvalue weighted by atomic mass is 16.6. The van der Waals surface area contributed by atoms with E-state index in [9.17, 15) is 29.1 Å². The molecule has 1 aliphatic heterocycles. The number of alkyl carbamates (subject to hydrolysis) is 2. The van der Waals surface area contributed by atoms with Crippen molar-refractivity contribution < 1.29 is 52.8 Å². The zero-order valence-electron chi connectivity index (χ0n) is 45.8. The summed E-state index contributed by atoms with van der Waals surface area (Å²) in [6, 6.07) is 24.6. The van der Waals surface area contributed by atoms with Gasteiger partial charge in [-0.2, -0.15) is 0 Å². The standard InChI is InChI=1S/C60H80N4O11/c1-11-13-15-40-17-20-42(21-18-40)43-22-24-44(25-23-43)50(66)37-46(16-14-29-61-57(70)74-59(4,5)6)56(69)64(10)54-45-26-28-53(72-31-12-2)49(36-45)48-35-41(34-47(38-65)63-55(68)39(3)33-51(54)67)19-27-52(48)73-32-30-62-58(71)75-60(7,8)9/h17-28,35-36,39,46-47,54,65H,11-16,29-34,37-38H2,1-10H3,(H,61,70)(H,62,71)(H,63,68)/t39-,46-,47+,54+/m1/s1. The molecule has 406 valence electrons. The average Bonchev–Trinajstić information content (AvgIpc) is 3.36. The topological polar surface area (TPSA) is 199 Å². The van der Waals surface area contributed by atoms with E-state index in [0.717, 1.165) is 36.0 Å². The number of nitrogens with zero attached hydrogens (tertiary/aromatic N) is 1. The van der Waals surface area contributed by atoms with Gasteiger partial charge in [-0.15, -0.1) is 0 Å². The number of Topliss-reactive ketones (excluding diaryl/α,β-unsaturated/α-hetero) is 2. The number of likely N-dealkylation sites (N-methyl/N-ethyl adjacent to an activating group) is 1. The van der Waals surface area contributed by atoms with Crippen LogP contribution < -0.4 is 25.4 Å². The fraction of sp³-hybridized carbons (Fsp3) is 0.500. The number of benzene rings is 4. The number of carbonyl (C=O) groups is 6. The van der Waals surface area contributed by atoms with E-state index >= 15 is 4.79 Å². The van der Waals surface area contributed by atoms with Crippen molar-refractivity contribution >= 4 is 35.6 Å². The number of hydrogen-bond donors (Lipinski definition) is 4. The second kappa shape index (κ2) is 27.7. The molecule has 0 fully saturated rings. The van der Waals surface area contributed by atoms with E-state index in [2.05, 4.69) is 47.1 Å². The number of aliphatic hydroxyl groups excluding tert-OH is 1. The Bertz CT molecular complexity index is 2560. The Morgan fingerprint density at radius 1 is 0.733 bits per heavy atom. The third kappa shape index (κ3) is 18.3. The van der Waals surface area contributed by atoms with Gasteiger partial charge >= 0.3 is 12.2 Å². The van der Waals surface area contributed by atoms with E-state index in [4.69, 9.17) is 18.9 Å². The van der Waals surface area contributed by atoms with Crippen molar-refractivity contribution in [1.82, 2.24) is 20.9 Å². The number of carbonyl (C=O) groups excluding carboxylic acids is 6. The van der Waals surface area contributed by atoms with Gasteiger partial charge in [-0.25, -0.2) is 9.59 Å². The van der Waals surface area contributed by atoms with Gasteiger partial charge in [0.05, 0.1) is 25.8 Å². The minimum Gasteiger partial charge on any atom is -0.493 e. The first-order valence-corrected chi connectivity index (χ1v) is 26.5. The molecule has 0 saturated carbocycles. The molecule has 5 rings (SSSR count). The highest BCUT2D eigenvalue weighted by molar-refractivity contribution is 6.00. The Kier molecular flexibility index (Phi) is 21.8. The first-order valence-electron chi connectivity index (χ1n) is 26.5. The zero-order chi connectivity index (χ0) is 54.9. The van der Waals surface area contributed by atoms with Crippen LogP contribution in [0.2, 0.25) is 0 Å². The van der Waals surface area contributed by atoms with E-state index in [1.54, 1.807) is 84.9 Å². The van der Waals surface area contributed by atoms with Crippen LogP contribution in [0.4, 0.5) is 9.59 Å². The number of ketones is 2. The van der Waals surface area contributed by atoms with E-state index in [-0.39, 0.29) is 57.8 Å². The Balaban J connectivity index is 1.54. The molecular weight excluding hydrogens is 953 g/mol. The lowest BCUT2D eigenvalue weighted by Crippen LogP contribution is -2.44. The van der Waals surface area contributed by atoms with Crippen molar-refractivity contribution in [2.75, 3.05) is 40.0 Å². The monoisotopic (exact) mass is 1030 g/mol. The van der Waals surface area contributed by atoms with Crippen LogP contribution >= 0.6 is 0 Å². The molecule has 75 heavy (non-hydrogen) atoms. The Morgan fingerprint density at radius 3 is 1.92 bits per heavy atom. The van der Waals surface area contributed by atoms with Gasteiger partial charge in [-0.1, -0.05) is 87.9 Å². The van der Waals surface area contributed by atoms with Gasteiger partial charge in [0, 0.05) is 55.0 Å². The molecule has 4 bridgehead atoms. The van der Waals surface area contributed by atoms with E-state index < -0.39 is 64.9 Å². The van der Waals surface area contributed by atoms with Gasteiger partial charge in [0.25, 0.3) is 0 Å². The fourth-order valence-electron chi connectivity index (χ4n) is 8.87. The van der Waals surface area contributed by atoms with Crippen molar-refractivity contribution in [2.45, 2.75) is 143 Å². The van der Waals surface area contributed by atoms with E-state index in [1.807, 2.05) is 31.2 Å². The maximum atomic E-state index is 15.2. The molecule has 0 spiro atoms. The molecule has 4 aromatic carbocycles. The maximum Gasteiger partial charge on any atom is 0.407 e. The van der Waals surface area contributed by atoms with Gasteiger partial charge in [-0.05, 0) is 132 Å². The molecule has 0 aliphatic carbocycles. The van der Waals surface area contributed by atoms with Crippen molar-refractivity contribution in [2.24, 2.45) is 11.8 Å². The fourth-order valence-corrected chi connectivity index (χ4v) is 8.87. The first-order chi connectivity index (χ1) is 35.6. The molecule has 15 heteroatoms. The molecule has 1 heterocycles. The molecule has 0 unspecified atom stereocenters. The molecule has 0 radical (unpaired) electrons. The summed E-state index contributed by atoms with van der Waals surface area (Å²) in [5.74, 6) is -2.47. The van der Waals surface area contributed by atoms with E-state index in [0.29, 0.717) is 53.2 Å². The van der Waals surface area contributed by atoms with Crippen LogP contribution in [0.15, 0.2) is 84.9 Å². The van der Waals surface area contributed by atoms with Gasteiger partial charge in [0.15, 0.2) is 11.6 Å². The minimum absolute atomic E-state index is 0.0620. The predicted octanol–water partition coefficient (Wildman–Crippen LogP) is 10.4. The van der Waals surface area contributed by atoms with Gasteiger partial charge in [-0.3, -0.25) is 19.2 Å². The van der Waals surface area contributed by atoms with Crippen LogP contribution in [-0.4, -0.2) is 103 Å². The molecule has 15 nitrogen and oxygen atoms in total. The molecular formula is C60H80N4O11. The van der Waals surface area contributed by atoms with E-state index in [1.165, 1.54) is 17.5 Å². The highest BCUT2D eigenvalue weighted by Gasteiger charge is 2.36. The summed E-state index contributed by atoms with van der Waals surface area (Å²) >= 11 is 0. The lowest BCUT2D eigenvalue weighted by Gasteiger charge is -2.32. The first kappa shape index (κ1) is 59.1. The van der Waals surface area contributed by atoms with Gasteiger partial charge < -0.3 is 44.9 Å². The summed E-state index contributed by atoms with van der Waals surface area (Å²) < 4.78 is 23.5. The number of aliphatic hydroxyl groups is 1. The normalized spacial score (nSPS) is 16.4. The van der Waals surface area contributed by atoms with Gasteiger partial charge in [0.1, 0.15) is 35.3 Å². The van der Waals surface area contributed by atoms with Crippen molar-refractivity contribution in [3.8, 4) is 33.8 Å². The number of nitrogens with one attached hydrogen (secondary N) is 3. The maximum absolute atomic E-state index is 15.2. The SMILES string of the molecule is CCCCc1ccc(-c2ccc(C(=O)C[C@@H](CCCNC(=O)OC(C)(C)C)C(=O)N(C)[C@@H]3C(=O)C[C@@H](C)C(=O)N[C@H](CO)Cc4ccc(OCCNC(=O)OC(C)(C)C)c(c4)-c4cc3ccc4OCCC)cc2)cc1. The summed E-state index contributed by atoms with van der Waals surface area (Å²) in [5, 5.41) is 18.9. The highest BCUT2D eigenvalue weighted by Crippen LogP contribution is 2.41. The summed E-state index contributed by atoms with van der Waals surface area (Å²) in [4.78, 5) is 84.6. The average molecular weight is 1030 g/mol. The third-order valence-electron chi connectivity index (χ3n) is 12.7. The second-order valence-corrected chi connectivity index (χ2v) is 21.5. The smallest absolute Gasteiger partial charge is 0.407 e. The van der Waals surface area contributed by atoms with Crippen LogP contribution in [0.3, 0.4) is 0 Å². The predicted molar refractivity (Wildman–Crippen MR) is 291 cm³/mol.